The van der Waals surface area contributed by atoms with Crippen LogP contribution in [-0.2, 0) is 4.74 Å². The molecule has 0 atom stereocenters. The average molecular weight is 241 g/mol. The van der Waals surface area contributed by atoms with Crippen molar-refractivity contribution < 1.29 is 4.74 Å². The second kappa shape index (κ2) is 5.71. The van der Waals surface area contributed by atoms with E-state index in [1.54, 1.807) is 0 Å². The molecule has 0 unspecified atom stereocenters. The first-order valence-corrected chi connectivity index (χ1v) is 7.15. The van der Waals surface area contributed by atoms with Crippen molar-refractivity contribution in [3.8, 4) is 0 Å². The van der Waals surface area contributed by atoms with Gasteiger partial charge < -0.3 is 10.1 Å². The lowest BCUT2D eigenvalue weighted by Gasteiger charge is -2.42. The maximum atomic E-state index is 6.26. The lowest BCUT2D eigenvalue weighted by molar-refractivity contribution is -0.107. The van der Waals surface area contributed by atoms with E-state index in [1.807, 2.05) is 0 Å². The molecule has 1 rings (SSSR count). The fourth-order valence-corrected chi connectivity index (χ4v) is 2.55. The van der Waals surface area contributed by atoms with Gasteiger partial charge in [-0.05, 0) is 66.2 Å². The highest BCUT2D eigenvalue weighted by Crippen LogP contribution is 2.35. The average Bonchev–Trinajstić information content (AvgIpc) is 2.18. The smallest absolute Gasteiger partial charge is 0.0810 e. The Balaban J connectivity index is 2.59. The van der Waals surface area contributed by atoms with Crippen LogP contribution in [0.5, 0.6) is 0 Å². The maximum absolute atomic E-state index is 6.26. The van der Waals surface area contributed by atoms with Gasteiger partial charge >= 0.3 is 0 Å². The van der Waals surface area contributed by atoms with Crippen molar-refractivity contribution in [2.24, 2.45) is 5.92 Å². The van der Waals surface area contributed by atoms with Gasteiger partial charge in [0.1, 0.15) is 0 Å². The van der Waals surface area contributed by atoms with Crippen LogP contribution in [0.3, 0.4) is 0 Å². The quantitative estimate of drug-likeness (QED) is 0.809. The number of rotatable bonds is 4. The molecule has 0 aliphatic heterocycles. The summed E-state index contributed by atoms with van der Waals surface area (Å²) in [6, 6.07) is 0. The molecule has 0 radical (unpaired) electrons. The number of hydrogen-bond donors (Lipinski definition) is 1. The SMILES string of the molecule is CC1CCC(CNC(C)(C)C)(OC(C)C)CC1. The number of nitrogens with one attached hydrogen (secondary N) is 1. The second-order valence-electron chi connectivity index (χ2n) is 7.14. The van der Waals surface area contributed by atoms with E-state index in [0.717, 1.165) is 12.5 Å². The van der Waals surface area contributed by atoms with Crippen LogP contribution in [0.2, 0.25) is 0 Å². The van der Waals surface area contributed by atoms with E-state index in [2.05, 4.69) is 46.9 Å². The van der Waals surface area contributed by atoms with Crippen molar-refractivity contribution in [2.45, 2.75) is 84.5 Å². The molecule has 1 aliphatic carbocycles. The molecule has 1 fully saturated rings. The second-order valence-corrected chi connectivity index (χ2v) is 7.14. The van der Waals surface area contributed by atoms with Gasteiger partial charge in [0, 0.05) is 12.1 Å². The standard InChI is InChI=1S/C15H31NO/c1-12(2)17-15(11-16-14(4,5)6)9-7-13(3)8-10-15/h12-13,16H,7-11H2,1-6H3. The molecule has 1 aliphatic rings. The lowest BCUT2D eigenvalue weighted by atomic mass is 9.79. The zero-order valence-electron chi connectivity index (χ0n) is 12.6. The van der Waals surface area contributed by atoms with Crippen molar-refractivity contribution in [3.63, 3.8) is 0 Å². The van der Waals surface area contributed by atoms with Crippen LogP contribution in [0.25, 0.3) is 0 Å². The molecular weight excluding hydrogens is 210 g/mol. The molecule has 0 spiro atoms. The molecule has 2 nitrogen and oxygen atoms in total. The molecular formula is C15H31NO. The van der Waals surface area contributed by atoms with E-state index >= 15 is 0 Å². The molecule has 0 aromatic heterocycles. The van der Waals surface area contributed by atoms with Crippen LogP contribution in [0.4, 0.5) is 0 Å². The molecule has 0 aromatic rings. The van der Waals surface area contributed by atoms with E-state index < -0.39 is 0 Å². The normalized spacial score (nSPS) is 30.9. The van der Waals surface area contributed by atoms with Crippen molar-refractivity contribution in [2.75, 3.05) is 6.54 Å². The Morgan fingerprint density at radius 3 is 2.18 bits per heavy atom. The van der Waals surface area contributed by atoms with Crippen LogP contribution in [0.1, 0.15) is 67.2 Å². The number of ether oxygens (including phenoxy) is 1. The molecule has 1 saturated carbocycles. The van der Waals surface area contributed by atoms with Gasteiger partial charge in [0.25, 0.3) is 0 Å². The van der Waals surface area contributed by atoms with Gasteiger partial charge in [-0.25, -0.2) is 0 Å². The predicted octanol–water partition coefficient (Wildman–Crippen LogP) is 3.75. The predicted molar refractivity (Wildman–Crippen MR) is 74.3 cm³/mol. The molecule has 0 saturated heterocycles. The van der Waals surface area contributed by atoms with Crippen molar-refractivity contribution in [1.29, 1.82) is 0 Å². The van der Waals surface area contributed by atoms with E-state index in [1.165, 1.54) is 25.7 Å². The summed E-state index contributed by atoms with van der Waals surface area (Å²) in [5, 5.41) is 3.63. The van der Waals surface area contributed by atoms with Crippen LogP contribution in [0.15, 0.2) is 0 Å². The third-order valence-electron chi connectivity index (χ3n) is 3.61. The summed E-state index contributed by atoms with van der Waals surface area (Å²) in [6.07, 6.45) is 5.34. The zero-order chi connectivity index (χ0) is 13.1. The van der Waals surface area contributed by atoms with E-state index in [9.17, 15) is 0 Å². The lowest BCUT2D eigenvalue weighted by Crippen LogP contribution is -2.51. The minimum absolute atomic E-state index is 0.0773. The van der Waals surface area contributed by atoms with Gasteiger partial charge in [-0.15, -0.1) is 0 Å². The van der Waals surface area contributed by atoms with E-state index in [-0.39, 0.29) is 11.1 Å². The zero-order valence-corrected chi connectivity index (χ0v) is 12.6. The highest BCUT2D eigenvalue weighted by atomic mass is 16.5. The summed E-state index contributed by atoms with van der Waals surface area (Å²) in [5.74, 6) is 0.869. The van der Waals surface area contributed by atoms with Gasteiger partial charge in [-0.3, -0.25) is 0 Å². The van der Waals surface area contributed by atoms with Gasteiger partial charge in [0.15, 0.2) is 0 Å². The van der Waals surface area contributed by atoms with Gasteiger partial charge in [0.2, 0.25) is 0 Å². The van der Waals surface area contributed by atoms with Gasteiger partial charge in [0.05, 0.1) is 11.7 Å². The Morgan fingerprint density at radius 2 is 1.76 bits per heavy atom. The van der Waals surface area contributed by atoms with Crippen LogP contribution >= 0.6 is 0 Å². The fraction of sp³-hybridized carbons (Fsp3) is 1.00. The summed E-state index contributed by atoms with van der Waals surface area (Å²) >= 11 is 0. The first-order chi connectivity index (χ1) is 7.72. The Hall–Kier alpha value is -0.0800. The summed E-state index contributed by atoms with van der Waals surface area (Å²) in [5.41, 5.74) is 0.254. The molecule has 0 aromatic carbocycles. The largest absolute Gasteiger partial charge is 0.371 e. The van der Waals surface area contributed by atoms with E-state index in [4.69, 9.17) is 4.74 Å². The van der Waals surface area contributed by atoms with Crippen LogP contribution < -0.4 is 5.32 Å². The number of hydrogen-bond acceptors (Lipinski definition) is 2. The van der Waals surface area contributed by atoms with Crippen LogP contribution in [-0.4, -0.2) is 23.8 Å². The molecule has 17 heavy (non-hydrogen) atoms. The van der Waals surface area contributed by atoms with Crippen molar-refractivity contribution >= 4 is 0 Å². The molecule has 0 amide bonds. The molecule has 2 heteroatoms. The topological polar surface area (TPSA) is 21.3 Å². The minimum atomic E-state index is 0.0773. The Morgan fingerprint density at radius 1 is 1.24 bits per heavy atom. The first-order valence-electron chi connectivity index (χ1n) is 7.15. The van der Waals surface area contributed by atoms with Gasteiger partial charge in [-0.1, -0.05) is 6.92 Å². The van der Waals surface area contributed by atoms with Crippen molar-refractivity contribution in [3.05, 3.63) is 0 Å². The summed E-state index contributed by atoms with van der Waals surface area (Å²) in [4.78, 5) is 0. The molecule has 0 bridgehead atoms. The van der Waals surface area contributed by atoms with Crippen molar-refractivity contribution in [1.82, 2.24) is 5.32 Å². The van der Waals surface area contributed by atoms with Crippen LogP contribution in [0, 0.1) is 5.92 Å². The van der Waals surface area contributed by atoms with E-state index in [0.29, 0.717) is 6.10 Å². The summed E-state index contributed by atoms with van der Waals surface area (Å²) in [6.45, 7) is 14.3. The minimum Gasteiger partial charge on any atom is -0.371 e. The molecule has 1 N–H and O–H groups in total. The first kappa shape index (κ1) is 15.0. The third kappa shape index (κ3) is 5.39. The molecule has 102 valence electrons. The summed E-state index contributed by atoms with van der Waals surface area (Å²) in [7, 11) is 0. The Bertz CT molecular complexity index is 222. The Labute approximate surface area is 108 Å². The highest BCUT2D eigenvalue weighted by Gasteiger charge is 2.36. The fourth-order valence-electron chi connectivity index (χ4n) is 2.55. The third-order valence-corrected chi connectivity index (χ3v) is 3.61. The highest BCUT2D eigenvalue weighted by molar-refractivity contribution is 4.91. The summed E-state index contributed by atoms with van der Waals surface area (Å²) < 4.78 is 6.26. The maximum Gasteiger partial charge on any atom is 0.0810 e. The van der Waals surface area contributed by atoms with Gasteiger partial charge in [-0.2, -0.15) is 0 Å². The molecule has 0 heterocycles. The Kier molecular flexibility index (Phi) is 5.03. The monoisotopic (exact) mass is 241 g/mol.